The quantitative estimate of drug-likeness (QED) is 0.162. The van der Waals surface area contributed by atoms with Crippen LogP contribution in [0.2, 0.25) is 0 Å². The third kappa shape index (κ3) is 6.53. The number of rotatable bonds is 7. The van der Waals surface area contributed by atoms with Gasteiger partial charge in [-0.1, -0.05) is 201 Å². The first kappa shape index (κ1) is 35.9. The molecule has 0 atom stereocenters. The summed E-state index contributed by atoms with van der Waals surface area (Å²) >= 11 is 0. The van der Waals surface area contributed by atoms with Gasteiger partial charge in [-0.15, -0.1) is 0 Å². The lowest BCUT2D eigenvalue weighted by Crippen LogP contribution is -2.28. The van der Waals surface area contributed by atoms with Gasteiger partial charge in [-0.25, -0.2) is 15.0 Å². The molecule has 2 aliphatic carbocycles. The van der Waals surface area contributed by atoms with Crippen molar-refractivity contribution in [3.05, 3.63) is 211 Å². The summed E-state index contributed by atoms with van der Waals surface area (Å²) in [7, 11) is 0. The molecule has 1 spiro atoms. The van der Waals surface area contributed by atoms with Crippen molar-refractivity contribution in [2.75, 3.05) is 0 Å². The number of hydrogen-bond donors (Lipinski definition) is 0. The van der Waals surface area contributed by atoms with E-state index in [1.165, 1.54) is 82.2 Å². The van der Waals surface area contributed by atoms with Gasteiger partial charge in [0, 0.05) is 22.1 Å². The number of fused-ring (bicyclic) bond motifs is 5. The zero-order chi connectivity index (χ0) is 39.9. The highest BCUT2D eigenvalue weighted by Gasteiger charge is 2.43. The minimum absolute atomic E-state index is 0.156. The van der Waals surface area contributed by atoms with Crippen molar-refractivity contribution in [3.8, 4) is 89.8 Å². The summed E-state index contributed by atoms with van der Waals surface area (Å²) in [6.45, 7) is 0. The van der Waals surface area contributed by atoms with Crippen LogP contribution in [0.3, 0.4) is 0 Å². The predicted molar refractivity (Wildman–Crippen MR) is 247 cm³/mol. The Bertz CT molecular complexity index is 2980. The maximum Gasteiger partial charge on any atom is 0.164 e. The molecular formula is C57H43N3. The van der Waals surface area contributed by atoms with Crippen LogP contribution >= 0.6 is 0 Å². The van der Waals surface area contributed by atoms with Crippen LogP contribution in [0.25, 0.3) is 89.8 Å². The molecule has 0 radical (unpaired) electrons. The number of hydrogen-bond acceptors (Lipinski definition) is 3. The maximum absolute atomic E-state index is 5.07. The fourth-order valence-electron chi connectivity index (χ4n) is 9.69. The highest BCUT2D eigenvalue weighted by molar-refractivity contribution is 5.85. The average molecular weight is 770 g/mol. The van der Waals surface area contributed by atoms with E-state index in [1.807, 2.05) is 36.4 Å². The first-order valence-electron chi connectivity index (χ1n) is 21.2. The predicted octanol–water partition coefficient (Wildman–Crippen LogP) is 14.8. The lowest BCUT2D eigenvalue weighted by Gasteiger charge is -2.36. The van der Waals surface area contributed by atoms with E-state index in [0.717, 1.165) is 33.4 Å². The molecule has 0 aliphatic heterocycles. The molecule has 0 saturated heterocycles. The second-order valence-corrected chi connectivity index (χ2v) is 16.3. The zero-order valence-corrected chi connectivity index (χ0v) is 33.4. The fourth-order valence-corrected chi connectivity index (χ4v) is 9.69. The molecule has 9 aromatic rings. The van der Waals surface area contributed by atoms with Crippen LogP contribution in [-0.2, 0) is 5.41 Å². The van der Waals surface area contributed by atoms with E-state index < -0.39 is 0 Å². The Morgan fingerprint density at radius 1 is 0.267 bits per heavy atom. The second-order valence-electron chi connectivity index (χ2n) is 16.3. The summed E-state index contributed by atoms with van der Waals surface area (Å²) in [6, 6.07) is 71.9. The van der Waals surface area contributed by atoms with Crippen LogP contribution in [0.1, 0.15) is 43.2 Å². The fraction of sp³-hybridized carbons (Fsp3) is 0.105. The van der Waals surface area contributed by atoms with E-state index in [1.54, 1.807) is 0 Å². The van der Waals surface area contributed by atoms with Gasteiger partial charge in [0.2, 0.25) is 0 Å². The summed E-state index contributed by atoms with van der Waals surface area (Å²) < 4.78 is 0. The van der Waals surface area contributed by atoms with Crippen LogP contribution in [0, 0.1) is 0 Å². The number of aromatic nitrogens is 3. The van der Waals surface area contributed by atoms with Crippen molar-refractivity contribution >= 4 is 0 Å². The van der Waals surface area contributed by atoms with E-state index in [0.29, 0.717) is 17.5 Å². The van der Waals surface area contributed by atoms with Crippen LogP contribution in [0.15, 0.2) is 200 Å². The molecule has 0 amide bonds. The highest BCUT2D eigenvalue weighted by Crippen LogP contribution is 2.56. The number of nitrogens with zero attached hydrogens (tertiary/aromatic N) is 3. The van der Waals surface area contributed by atoms with Crippen LogP contribution < -0.4 is 0 Å². The lowest BCUT2D eigenvalue weighted by atomic mass is 9.67. The molecule has 1 heterocycles. The minimum Gasteiger partial charge on any atom is -0.208 e. The molecule has 0 N–H and O–H groups in total. The molecule has 0 bridgehead atoms. The summed E-state index contributed by atoms with van der Waals surface area (Å²) in [4.78, 5) is 15.1. The third-order valence-corrected chi connectivity index (χ3v) is 12.8. The van der Waals surface area contributed by atoms with E-state index in [9.17, 15) is 0 Å². The third-order valence-electron chi connectivity index (χ3n) is 12.8. The standard InChI is InChI=1S/C57H43N3/c1-4-14-39(15-5-1)40-28-30-44(31-29-40)55-58-54(43-16-6-2-7-17-43)59-56(60-55)49-21-13-20-47(37-49)46-19-12-18-45(36-46)41-24-26-42(27-25-41)48-32-33-51-50-22-8-9-23-52(50)57(53(51)38-48)34-10-3-11-35-57/h1-2,4-9,12-33,36-38H,3,10-11,34-35H2. The van der Waals surface area contributed by atoms with Crippen molar-refractivity contribution in [1.82, 2.24) is 15.0 Å². The highest BCUT2D eigenvalue weighted by atomic mass is 15.0. The molecule has 286 valence electrons. The van der Waals surface area contributed by atoms with Gasteiger partial charge >= 0.3 is 0 Å². The largest absolute Gasteiger partial charge is 0.208 e. The Labute approximate surface area is 352 Å². The summed E-state index contributed by atoms with van der Waals surface area (Å²) in [6.07, 6.45) is 6.43. The van der Waals surface area contributed by atoms with Gasteiger partial charge < -0.3 is 0 Å². The average Bonchev–Trinajstić information content (AvgIpc) is 3.60. The Morgan fingerprint density at radius 2 is 0.650 bits per heavy atom. The van der Waals surface area contributed by atoms with Crippen molar-refractivity contribution in [2.45, 2.75) is 37.5 Å². The van der Waals surface area contributed by atoms with Crippen molar-refractivity contribution in [1.29, 1.82) is 0 Å². The molecule has 1 fully saturated rings. The first-order valence-corrected chi connectivity index (χ1v) is 21.2. The summed E-state index contributed by atoms with van der Waals surface area (Å²) in [5.41, 5.74) is 18.4. The lowest BCUT2D eigenvalue weighted by molar-refractivity contribution is 0.353. The Hall–Kier alpha value is -7.23. The van der Waals surface area contributed by atoms with Gasteiger partial charge in [-0.2, -0.15) is 0 Å². The molecule has 0 unspecified atom stereocenters. The van der Waals surface area contributed by atoms with Crippen molar-refractivity contribution in [3.63, 3.8) is 0 Å². The Morgan fingerprint density at radius 3 is 1.28 bits per heavy atom. The Balaban J connectivity index is 0.895. The second kappa shape index (κ2) is 15.2. The monoisotopic (exact) mass is 769 g/mol. The summed E-state index contributed by atoms with van der Waals surface area (Å²) in [5, 5.41) is 0. The normalized spacial score (nSPS) is 13.8. The van der Waals surface area contributed by atoms with Crippen LogP contribution in [0.4, 0.5) is 0 Å². The summed E-state index contributed by atoms with van der Waals surface area (Å²) in [5.74, 6) is 1.94. The van der Waals surface area contributed by atoms with Crippen molar-refractivity contribution in [2.24, 2.45) is 0 Å². The van der Waals surface area contributed by atoms with Gasteiger partial charge in [0.15, 0.2) is 17.5 Å². The molecule has 8 aromatic carbocycles. The Kier molecular flexibility index (Phi) is 9.08. The molecule has 3 nitrogen and oxygen atoms in total. The van der Waals surface area contributed by atoms with E-state index >= 15 is 0 Å². The van der Waals surface area contributed by atoms with Crippen molar-refractivity contribution < 1.29 is 0 Å². The van der Waals surface area contributed by atoms with E-state index in [-0.39, 0.29) is 5.41 Å². The molecule has 11 rings (SSSR count). The van der Waals surface area contributed by atoms with Gasteiger partial charge in [0.1, 0.15) is 0 Å². The first-order chi connectivity index (χ1) is 29.7. The topological polar surface area (TPSA) is 38.7 Å². The smallest absolute Gasteiger partial charge is 0.164 e. The van der Waals surface area contributed by atoms with E-state index in [2.05, 4.69) is 164 Å². The van der Waals surface area contributed by atoms with Crippen LogP contribution in [0.5, 0.6) is 0 Å². The molecule has 2 aliphatic rings. The molecule has 60 heavy (non-hydrogen) atoms. The molecule has 1 aromatic heterocycles. The molecule has 1 saturated carbocycles. The molecular weight excluding hydrogens is 727 g/mol. The SMILES string of the molecule is c1ccc(-c2ccc(-c3nc(-c4ccccc4)nc(-c4cccc(-c5cccc(-c6ccc(-c7ccc8c(c7)C7(CCCCC7)c7ccccc7-8)cc6)c5)c4)n3)cc2)cc1. The van der Waals surface area contributed by atoms with E-state index in [4.69, 9.17) is 15.0 Å². The zero-order valence-electron chi connectivity index (χ0n) is 33.4. The van der Waals surface area contributed by atoms with Gasteiger partial charge in [-0.3, -0.25) is 0 Å². The maximum atomic E-state index is 5.07. The van der Waals surface area contributed by atoms with Gasteiger partial charge in [0.05, 0.1) is 0 Å². The van der Waals surface area contributed by atoms with Gasteiger partial charge in [0.25, 0.3) is 0 Å². The van der Waals surface area contributed by atoms with Crippen LogP contribution in [-0.4, -0.2) is 15.0 Å². The number of benzene rings is 8. The van der Waals surface area contributed by atoms with Gasteiger partial charge in [-0.05, 0) is 97.8 Å². The molecule has 3 heteroatoms. The minimum atomic E-state index is 0.156.